The van der Waals surface area contributed by atoms with Crippen molar-refractivity contribution < 1.29 is 8.42 Å². The van der Waals surface area contributed by atoms with E-state index in [1.54, 1.807) is 12.1 Å². The van der Waals surface area contributed by atoms with E-state index in [-0.39, 0.29) is 0 Å². The summed E-state index contributed by atoms with van der Waals surface area (Å²) in [6, 6.07) is 7.44. The van der Waals surface area contributed by atoms with Gasteiger partial charge in [0.2, 0.25) is 10.0 Å². The van der Waals surface area contributed by atoms with Crippen molar-refractivity contribution in [3.05, 3.63) is 24.3 Å². The molecule has 112 valence electrons. The van der Waals surface area contributed by atoms with Gasteiger partial charge in [0, 0.05) is 38.2 Å². The zero-order valence-electron chi connectivity index (χ0n) is 11.9. The van der Waals surface area contributed by atoms with E-state index in [0.29, 0.717) is 16.8 Å². The SMILES string of the molecule is CN(C)S(=O)(=O)c1ccc(N2CCCCC2CCl)cc1. The first-order chi connectivity index (χ1) is 9.46. The van der Waals surface area contributed by atoms with Crippen LogP contribution in [0.15, 0.2) is 29.2 Å². The molecule has 1 aromatic carbocycles. The van der Waals surface area contributed by atoms with Crippen LogP contribution < -0.4 is 4.90 Å². The first kappa shape index (κ1) is 15.6. The maximum atomic E-state index is 12.0. The Morgan fingerprint density at radius 3 is 2.45 bits per heavy atom. The molecule has 1 aromatic rings. The highest BCUT2D eigenvalue weighted by molar-refractivity contribution is 7.89. The van der Waals surface area contributed by atoms with Crippen LogP contribution in [0.2, 0.25) is 0 Å². The summed E-state index contributed by atoms with van der Waals surface area (Å²) in [5.41, 5.74) is 1.05. The molecular formula is C14H21ClN2O2S. The van der Waals surface area contributed by atoms with E-state index in [4.69, 9.17) is 11.6 Å². The van der Waals surface area contributed by atoms with Crippen molar-refractivity contribution in [1.82, 2.24) is 4.31 Å². The van der Waals surface area contributed by atoms with Gasteiger partial charge in [0.1, 0.15) is 0 Å². The third-order valence-electron chi connectivity index (χ3n) is 3.75. The Hall–Kier alpha value is -0.780. The Morgan fingerprint density at radius 1 is 1.25 bits per heavy atom. The molecule has 1 unspecified atom stereocenters. The third-order valence-corrected chi connectivity index (χ3v) is 5.94. The molecular weight excluding hydrogens is 296 g/mol. The molecule has 4 nitrogen and oxygen atoms in total. The van der Waals surface area contributed by atoms with Crippen LogP contribution >= 0.6 is 11.6 Å². The van der Waals surface area contributed by atoms with Gasteiger partial charge < -0.3 is 4.90 Å². The summed E-state index contributed by atoms with van der Waals surface area (Å²) in [4.78, 5) is 2.61. The summed E-state index contributed by atoms with van der Waals surface area (Å²) >= 11 is 6.03. The number of piperidine rings is 1. The van der Waals surface area contributed by atoms with Crippen molar-refractivity contribution in [3.8, 4) is 0 Å². The molecule has 1 atom stereocenters. The maximum Gasteiger partial charge on any atom is 0.242 e. The zero-order valence-corrected chi connectivity index (χ0v) is 13.5. The fourth-order valence-electron chi connectivity index (χ4n) is 2.52. The minimum absolute atomic E-state index is 0.325. The lowest BCUT2D eigenvalue weighted by Gasteiger charge is -2.36. The second kappa shape index (κ2) is 6.33. The first-order valence-corrected chi connectivity index (χ1v) is 8.79. The van der Waals surface area contributed by atoms with Gasteiger partial charge in [0.25, 0.3) is 0 Å². The molecule has 20 heavy (non-hydrogen) atoms. The van der Waals surface area contributed by atoms with Gasteiger partial charge in [0.05, 0.1) is 4.90 Å². The average molecular weight is 317 g/mol. The van der Waals surface area contributed by atoms with E-state index >= 15 is 0 Å². The molecule has 6 heteroatoms. The fraction of sp³-hybridized carbons (Fsp3) is 0.571. The van der Waals surface area contributed by atoms with Gasteiger partial charge >= 0.3 is 0 Å². The Kier molecular flexibility index (Phi) is 4.94. The van der Waals surface area contributed by atoms with Crippen LogP contribution in [0, 0.1) is 0 Å². The molecule has 0 bridgehead atoms. The number of sulfonamides is 1. The van der Waals surface area contributed by atoms with Crippen molar-refractivity contribution >= 4 is 27.3 Å². The van der Waals surface area contributed by atoms with Gasteiger partial charge in [-0.2, -0.15) is 0 Å². The monoisotopic (exact) mass is 316 g/mol. The summed E-state index contributed by atoms with van der Waals surface area (Å²) in [7, 11) is -0.277. The Labute approximate surface area is 126 Å². The molecule has 1 fully saturated rings. The highest BCUT2D eigenvalue weighted by Gasteiger charge is 2.23. The zero-order chi connectivity index (χ0) is 14.8. The molecule has 1 saturated heterocycles. The van der Waals surface area contributed by atoms with Crippen LogP contribution in [0.3, 0.4) is 0 Å². The van der Waals surface area contributed by atoms with Crippen molar-refractivity contribution in [2.45, 2.75) is 30.2 Å². The molecule has 1 aliphatic heterocycles. The molecule has 1 heterocycles. The largest absolute Gasteiger partial charge is 0.367 e. The van der Waals surface area contributed by atoms with E-state index in [2.05, 4.69) is 4.90 Å². The lowest BCUT2D eigenvalue weighted by Crippen LogP contribution is -2.40. The number of hydrogen-bond donors (Lipinski definition) is 0. The first-order valence-electron chi connectivity index (χ1n) is 6.82. The molecule has 0 aliphatic carbocycles. The van der Waals surface area contributed by atoms with E-state index in [0.717, 1.165) is 25.1 Å². The fourth-order valence-corrected chi connectivity index (χ4v) is 3.74. The number of alkyl halides is 1. The third kappa shape index (κ3) is 3.10. The van der Waals surface area contributed by atoms with Crippen molar-refractivity contribution in [3.63, 3.8) is 0 Å². The van der Waals surface area contributed by atoms with Gasteiger partial charge in [-0.3, -0.25) is 0 Å². The van der Waals surface area contributed by atoms with Crippen molar-refractivity contribution in [1.29, 1.82) is 0 Å². The molecule has 0 saturated carbocycles. The topological polar surface area (TPSA) is 40.6 Å². The summed E-state index contributed by atoms with van der Waals surface area (Å²) in [5, 5.41) is 0. The number of benzene rings is 1. The van der Waals surface area contributed by atoms with Gasteiger partial charge in [-0.25, -0.2) is 12.7 Å². The van der Waals surface area contributed by atoms with Gasteiger partial charge in [0.15, 0.2) is 0 Å². The normalized spacial score (nSPS) is 20.4. The van der Waals surface area contributed by atoms with E-state index in [9.17, 15) is 8.42 Å². The Bertz CT molecular complexity index is 543. The highest BCUT2D eigenvalue weighted by Crippen LogP contribution is 2.27. The average Bonchev–Trinajstić information content (AvgIpc) is 2.47. The van der Waals surface area contributed by atoms with Crippen molar-refractivity contribution in [2.24, 2.45) is 0 Å². The van der Waals surface area contributed by atoms with Gasteiger partial charge in [-0.05, 0) is 43.5 Å². The minimum atomic E-state index is -3.35. The summed E-state index contributed by atoms with van der Waals surface area (Å²) < 4.78 is 25.3. The minimum Gasteiger partial charge on any atom is -0.367 e. The molecule has 0 amide bonds. The molecule has 2 rings (SSSR count). The van der Waals surface area contributed by atoms with Crippen LogP contribution in [0.5, 0.6) is 0 Å². The van der Waals surface area contributed by atoms with Gasteiger partial charge in [-0.1, -0.05) is 0 Å². The molecule has 0 N–H and O–H groups in total. The number of rotatable bonds is 4. The second-order valence-electron chi connectivity index (χ2n) is 5.28. The standard InChI is InChI=1S/C14H21ClN2O2S/c1-16(2)20(18,19)14-8-6-12(7-9-14)17-10-4-3-5-13(17)11-15/h6-9,13H,3-5,10-11H2,1-2H3. The van der Waals surface area contributed by atoms with Crippen LogP contribution in [-0.4, -0.2) is 45.3 Å². The quantitative estimate of drug-likeness (QED) is 0.802. The number of nitrogens with zero attached hydrogens (tertiary/aromatic N) is 2. The van der Waals surface area contributed by atoms with Crippen LogP contribution in [0.1, 0.15) is 19.3 Å². The van der Waals surface area contributed by atoms with Crippen LogP contribution in [0.4, 0.5) is 5.69 Å². The number of hydrogen-bond acceptors (Lipinski definition) is 3. The van der Waals surface area contributed by atoms with E-state index in [1.807, 2.05) is 12.1 Å². The predicted molar refractivity (Wildman–Crippen MR) is 83.0 cm³/mol. The highest BCUT2D eigenvalue weighted by atomic mass is 35.5. The molecule has 1 aliphatic rings. The summed E-state index contributed by atoms with van der Waals surface area (Å²) in [6.07, 6.45) is 3.47. The smallest absolute Gasteiger partial charge is 0.242 e. The number of halogens is 1. The second-order valence-corrected chi connectivity index (χ2v) is 7.74. The summed E-state index contributed by atoms with van der Waals surface area (Å²) in [6.45, 7) is 0.983. The van der Waals surface area contributed by atoms with Gasteiger partial charge in [-0.15, -0.1) is 11.6 Å². The molecule has 0 aromatic heterocycles. The van der Waals surface area contributed by atoms with Crippen LogP contribution in [0.25, 0.3) is 0 Å². The Morgan fingerprint density at radius 2 is 1.90 bits per heavy atom. The van der Waals surface area contributed by atoms with E-state index in [1.165, 1.54) is 24.8 Å². The van der Waals surface area contributed by atoms with Crippen molar-refractivity contribution in [2.75, 3.05) is 31.4 Å². The summed E-state index contributed by atoms with van der Waals surface area (Å²) in [5.74, 6) is 0.609. The van der Waals surface area contributed by atoms with E-state index < -0.39 is 10.0 Å². The Balaban J connectivity index is 2.24. The maximum absolute atomic E-state index is 12.0. The lowest BCUT2D eigenvalue weighted by molar-refractivity contribution is 0.488. The predicted octanol–water partition coefficient (Wildman–Crippen LogP) is 2.53. The lowest BCUT2D eigenvalue weighted by atomic mass is 10.0. The number of anilines is 1. The van der Waals surface area contributed by atoms with Crippen LogP contribution in [-0.2, 0) is 10.0 Å². The molecule has 0 radical (unpaired) electrons. The molecule has 0 spiro atoms.